The smallest absolute Gasteiger partial charge is 0.250 e. The molecule has 1 fully saturated rings. The van der Waals surface area contributed by atoms with Crippen LogP contribution in [0.4, 0.5) is 5.13 Å². The van der Waals surface area contributed by atoms with Crippen molar-refractivity contribution < 1.29 is 9.53 Å². The summed E-state index contributed by atoms with van der Waals surface area (Å²) in [6.07, 6.45) is 4.93. The molecule has 0 saturated carbocycles. The van der Waals surface area contributed by atoms with Crippen LogP contribution in [-0.4, -0.2) is 44.9 Å². The summed E-state index contributed by atoms with van der Waals surface area (Å²) < 4.78 is 8.14. The van der Waals surface area contributed by atoms with Crippen LogP contribution in [0.1, 0.15) is 18.4 Å². The molecule has 0 radical (unpaired) electrons. The molecule has 1 aliphatic heterocycles. The zero-order valence-electron chi connectivity index (χ0n) is 14.3. The van der Waals surface area contributed by atoms with Gasteiger partial charge in [0, 0.05) is 6.61 Å². The molecule has 1 aliphatic rings. The number of thiazole rings is 1. The number of aromatic nitrogens is 4. The Morgan fingerprint density at radius 2 is 2.38 bits per heavy atom. The Balaban J connectivity index is 1.68. The minimum atomic E-state index is -0.0983. The van der Waals surface area contributed by atoms with E-state index in [1.54, 1.807) is 4.90 Å². The molecule has 0 bridgehead atoms. The molecule has 1 atom stereocenters. The lowest BCUT2D eigenvalue weighted by Gasteiger charge is -2.22. The second-order valence-corrected chi connectivity index (χ2v) is 7.66. The van der Waals surface area contributed by atoms with E-state index in [0.717, 1.165) is 35.2 Å². The number of benzene rings is 1. The highest BCUT2D eigenvalue weighted by atomic mass is 35.5. The molecule has 26 heavy (non-hydrogen) atoms. The Kier molecular flexibility index (Phi) is 4.88. The van der Waals surface area contributed by atoms with Gasteiger partial charge in [-0.1, -0.05) is 29.0 Å². The van der Waals surface area contributed by atoms with Crippen molar-refractivity contribution in [3.8, 4) is 0 Å². The Hall–Kier alpha value is -2.03. The number of anilines is 1. The summed E-state index contributed by atoms with van der Waals surface area (Å²) in [5.41, 5.74) is 1.87. The van der Waals surface area contributed by atoms with Crippen LogP contribution in [0.5, 0.6) is 0 Å². The van der Waals surface area contributed by atoms with Crippen LogP contribution in [0, 0.1) is 6.92 Å². The van der Waals surface area contributed by atoms with E-state index in [9.17, 15) is 4.79 Å². The van der Waals surface area contributed by atoms with Gasteiger partial charge in [0.15, 0.2) is 5.13 Å². The SMILES string of the molecule is Cc1ccc(Cl)c2sc(N(CC3CCCO3)C(=O)Cn3cncn3)nc12. The number of nitrogens with zero attached hydrogens (tertiary/aromatic N) is 5. The van der Waals surface area contributed by atoms with Crippen molar-refractivity contribution in [3.05, 3.63) is 35.4 Å². The molecule has 1 unspecified atom stereocenters. The molecule has 7 nitrogen and oxygen atoms in total. The minimum absolute atomic E-state index is 0.0262. The molecule has 1 saturated heterocycles. The van der Waals surface area contributed by atoms with Gasteiger partial charge in [0.1, 0.15) is 19.2 Å². The highest BCUT2D eigenvalue weighted by Gasteiger charge is 2.27. The van der Waals surface area contributed by atoms with Gasteiger partial charge in [0.05, 0.1) is 27.9 Å². The quantitative estimate of drug-likeness (QED) is 0.668. The lowest BCUT2D eigenvalue weighted by molar-refractivity contribution is -0.119. The third-order valence-corrected chi connectivity index (χ3v) is 5.93. The minimum Gasteiger partial charge on any atom is -0.376 e. The first kappa shape index (κ1) is 17.4. The van der Waals surface area contributed by atoms with Crippen molar-refractivity contribution in [2.24, 2.45) is 0 Å². The van der Waals surface area contributed by atoms with Gasteiger partial charge < -0.3 is 4.74 Å². The molecule has 4 rings (SSSR count). The molecule has 3 aromatic rings. The van der Waals surface area contributed by atoms with Crippen LogP contribution in [0.2, 0.25) is 5.02 Å². The number of hydrogen-bond donors (Lipinski definition) is 0. The van der Waals surface area contributed by atoms with Crippen molar-refractivity contribution in [1.29, 1.82) is 0 Å². The van der Waals surface area contributed by atoms with Crippen LogP contribution in [0.3, 0.4) is 0 Å². The number of aryl methyl sites for hydroxylation is 1. The standard InChI is InChI=1S/C17H18ClN5O2S/c1-11-4-5-13(18)16-15(11)21-17(26-16)23(7-12-3-2-6-25-12)14(24)8-22-10-19-9-20-22/h4-5,9-10,12H,2-3,6-8H2,1H3. The Bertz CT molecular complexity index is 882. The maximum absolute atomic E-state index is 13.0. The Morgan fingerprint density at radius 3 is 3.08 bits per heavy atom. The first-order chi connectivity index (χ1) is 12.6. The van der Waals surface area contributed by atoms with E-state index in [4.69, 9.17) is 21.3 Å². The van der Waals surface area contributed by atoms with E-state index < -0.39 is 0 Å². The summed E-state index contributed by atoms with van der Waals surface area (Å²) in [5.74, 6) is -0.0983. The van der Waals surface area contributed by atoms with E-state index >= 15 is 0 Å². The number of halogens is 1. The second-order valence-electron chi connectivity index (χ2n) is 6.27. The highest BCUT2D eigenvalue weighted by Crippen LogP contribution is 2.36. The van der Waals surface area contributed by atoms with Crippen LogP contribution in [0.15, 0.2) is 24.8 Å². The first-order valence-corrected chi connectivity index (χ1v) is 9.61. The molecule has 0 spiro atoms. The number of ether oxygens (including phenoxy) is 1. The predicted molar refractivity (Wildman–Crippen MR) is 101 cm³/mol. The molecule has 3 heterocycles. The summed E-state index contributed by atoms with van der Waals surface area (Å²) in [5, 5.41) is 5.31. The fourth-order valence-electron chi connectivity index (χ4n) is 3.02. The maximum Gasteiger partial charge on any atom is 0.250 e. The van der Waals surface area contributed by atoms with Gasteiger partial charge in [0.25, 0.3) is 5.91 Å². The Morgan fingerprint density at radius 1 is 1.50 bits per heavy atom. The van der Waals surface area contributed by atoms with E-state index in [2.05, 4.69) is 10.1 Å². The van der Waals surface area contributed by atoms with Crippen LogP contribution in [0.25, 0.3) is 10.2 Å². The summed E-state index contributed by atoms with van der Waals surface area (Å²) >= 11 is 7.76. The second kappa shape index (κ2) is 7.30. The third-order valence-electron chi connectivity index (χ3n) is 4.39. The molecular weight excluding hydrogens is 374 g/mol. The van der Waals surface area contributed by atoms with E-state index in [-0.39, 0.29) is 18.6 Å². The lowest BCUT2D eigenvalue weighted by Crippen LogP contribution is -2.39. The lowest BCUT2D eigenvalue weighted by atomic mass is 10.2. The van der Waals surface area contributed by atoms with Crippen molar-refractivity contribution in [3.63, 3.8) is 0 Å². The summed E-state index contributed by atoms with van der Waals surface area (Å²) in [6, 6.07) is 3.80. The molecule has 9 heteroatoms. The van der Waals surface area contributed by atoms with Gasteiger partial charge in [-0.15, -0.1) is 0 Å². The van der Waals surface area contributed by atoms with Crippen molar-refractivity contribution in [2.45, 2.75) is 32.4 Å². The topological polar surface area (TPSA) is 73.1 Å². The number of rotatable bonds is 5. The number of hydrogen-bond acceptors (Lipinski definition) is 6. The molecular formula is C17H18ClN5O2S. The van der Waals surface area contributed by atoms with Crippen molar-refractivity contribution in [1.82, 2.24) is 19.7 Å². The zero-order chi connectivity index (χ0) is 18.1. The van der Waals surface area contributed by atoms with E-state index in [1.807, 2.05) is 19.1 Å². The average molecular weight is 392 g/mol. The largest absolute Gasteiger partial charge is 0.376 e. The van der Waals surface area contributed by atoms with Gasteiger partial charge in [-0.2, -0.15) is 5.10 Å². The van der Waals surface area contributed by atoms with Gasteiger partial charge in [0.2, 0.25) is 0 Å². The monoisotopic (exact) mass is 391 g/mol. The summed E-state index contributed by atoms with van der Waals surface area (Å²) in [4.78, 5) is 23.3. The number of carbonyl (C=O) groups is 1. The normalized spacial score (nSPS) is 17.1. The van der Waals surface area contributed by atoms with Crippen molar-refractivity contribution >= 4 is 44.2 Å². The molecule has 0 aliphatic carbocycles. The number of fused-ring (bicyclic) bond motifs is 1. The molecule has 0 N–H and O–H groups in total. The molecule has 1 amide bonds. The third kappa shape index (κ3) is 3.44. The van der Waals surface area contributed by atoms with Gasteiger partial charge in [-0.25, -0.2) is 14.6 Å². The molecule has 136 valence electrons. The fraction of sp³-hybridized carbons (Fsp3) is 0.412. The predicted octanol–water partition coefficient (Wildman–Crippen LogP) is 3.06. The number of carbonyl (C=O) groups excluding carboxylic acids is 1. The van der Waals surface area contributed by atoms with Gasteiger partial charge in [-0.05, 0) is 31.4 Å². The van der Waals surface area contributed by atoms with Crippen LogP contribution < -0.4 is 4.90 Å². The summed E-state index contributed by atoms with van der Waals surface area (Å²) in [6.45, 7) is 3.31. The van der Waals surface area contributed by atoms with E-state index in [1.165, 1.54) is 28.7 Å². The zero-order valence-corrected chi connectivity index (χ0v) is 15.8. The highest BCUT2D eigenvalue weighted by molar-refractivity contribution is 7.23. The van der Waals surface area contributed by atoms with Gasteiger partial charge in [-0.3, -0.25) is 9.69 Å². The van der Waals surface area contributed by atoms with E-state index in [0.29, 0.717) is 16.7 Å². The first-order valence-electron chi connectivity index (χ1n) is 8.42. The Labute approximate surface area is 159 Å². The summed E-state index contributed by atoms with van der Waals surface area (Å²) in [7, 11) is 0. The average Bonchev–Trinajstić information content (AvgIpc) is 3.37. The molecule has 1 aromatic carbocycles. The fourth-order valence-corrected chi connectivity index (χ4v) is 4.37. The van der Waals surface area contributed by atoms with Crippen molar-refractivity contribution in [2.75, 3.05) is 18.1 Å². The van der Waals surface area contributed by atoms with Crippen LogP contribution >= 0.6 is 22.9 Å². The van der Waals surface area contributed by atoms with Gasteiger partial charge >= 0.3 is 0 Å². The number of amides is 1. The molecule has 2 aromatic heterocycles. The van der Waals surface area contributed by atoms with Crippen LogP contribution in [-0.2, 0) is 16.1 Å². The maximum atomic E-state index is 13.0.